The molecule has 3 aromatic rings. The first kappa shape index (κ1) is 22.8. The summed E-state index contributed by atoms with van der Waals surface area (Å²) in [6.07, 6.45) is -5.02. The second-order valence-electron chi connectivity index (χ2n) is 8.29. The van der Waals surface area contributed by atoms with Gasteiger partial charge in [0.1, 0.15) is 17.8 Å². The third-order valence-electron chi connectivity index (χ3n) is 5.20. The molecule has 0 bridgehead atoms. The van der Waals surface area contributed by atoms with Crippen LogP contribution < -0.4 is 10.6 Å². The maximum atomic E-state index is 14.4. The smallest absolute Gasteiger partial charge is 0.407 e. The molecule has 3 aromatic heterocycles. The van der Waals surface area contributed by atoms with Crippen molar-refractivity contribution >= 4 is 23.2 Å². The number of alkyl halides is 4. The first-order chi connectivity index (χ1) is 15.6. The summed E-state index contributed by atoms with van der Waals surface area (Å²) in [5.74, 6) is 0.399. The highest BCUT2D eigenvalue weighted by atomic mass is 19.4. The molecule has 0 spiro atoms. The first-order valence-electron chi connectivity index (χ1n) is 10.4. The van der Waals surface area contributed by atoms with Crippen LogP contribution in [0.5, 0.6) is 0 Å². The van der Waals surface area contributed by atoms with Crippen molar-refractivity contribution in [2.75, 3.05) is 5.32 Å². The number of alkyl carbamates (subject to hydrolysis) is 1. The fraction of sp³-hybridized carbons (Fsp3) is 0.500. The third-order valence-corrected chi connectivity index (χ3v) is 5.20. The summed E-state index contributed by atoms with van der Waals surface area (Å²) in [7, 11) is 0. The van der Waals surface area contributed by atoms with E-state index in [1.165, 1.54) is 23.0 Å². The fourth-order valence-electron chi connectivity index (χ4n) is 3.82. The number of rotatable bonds is 6. The SMILES string of the molecule is CC(C)NC(=O)O[C@H]1C[C@@H](c2cc(Nc3nccn4nc(CC(F)(F)F)cc34)n[nH]2)C[C@H]1F. The average Bonchev–Trinajstić information content (AvgIpc) is 3.39. The molecule has 3 heterocycles. The Morgan fingerprint density at radius 1 is 1.33 bits per heavy atom. The number of H-pyrrole nitrogens is 1. The average molecular weight is 469 g/mol. The standard InChI is InChI=1S/C20H23F4N7O2/c1-10(2)26-19(32)33-16-6-11(5-13(16)21)14-8-17(29-28-14)27-18-15-7-12(9-20(22,23)24)30-31(15)4-3-25-18/h3-4,7-8,10-11,13,16H,5-6,9H2,1-2H3,(H,26,32)(H2,25,27,28,29)/t11-,13+,16-/m0/s1. The molecule has 4 rings (SSSR count). The molecular formula is C20H23F4N7O2. The summed E-state index contributed by atoms with van der Waals surface area (Å²) in [6, 6.07) is 2.87. The minimum absolute atomic E-state index is 0.118. The molecule has 1 aliphatic carbocycles. The van der Waals surface area contributed by atoms with Crippen molar-refractivity contribution in [1.29, 1.82) is 0 Å². The minimum Gasteiger partial charge on any atom is -0.443 e. The van der Waals surface area contributed by atoms with Crippen LogP contribution in [0.15, 0.2) is 24.5 Å². The number of aromatic nitrogens is 5. The van der Waals surface area contributed by atoms with Gasteiger partial charge < -0.3 is 15.4 Å². The molecule has 1 saturated carbocycles. The van der Waals surface area contributed by atoms with Crippen molar-refractivity contribution < 1.29 is 27.1 Å². The topological polar surface area (TPSA) is 109 Å². The summed E-state index contributed by atoms with van der Waals surface area (Å²) < 4.78 is 59.0. The molecule has 0 aliphatic heterocycles. The second-order valence-corrected chi connectivity index (χ2v) is 8.29. The van der Waals surface area contributed by atoms with E-state index in [0.717, 1.165) is 0 Å². The predicted molar refractivity (Wildman–Crippen MR) is 110 cm³/mol. The maximum absolute atomic E-state index is 14.4. The van der Waals surface area contributed by atoms with Crippen LogP contribution in [0.25, 0.3) is 5.52 Å². The van der Waals surface area contributed by atoms with Gasteiger partial charge in [0.2, 0.25) is 0 Å². The Morgan fingerprint density at radius 2 is 2.12 bits per heavy atom. The zero-order chi connectivity index (χ0) is 23.8. The van der Waals surface area contributed by atoms with Gasteiger partial charge in [-0.05, 0) is 32.8 Å². The molecule has 1 amide bonds. The first-order valence-corrected chi connectivity index (χ1v) is 10.4. The molecule has 178 valence electrons. The zero-order valence-corrected chi connectivity index (χ0v) is 17.9. The van der Waals surface area contributed by atoms with Crippen molar-refractivity contribution in [1.82, 2.24) is 30.1 Å². The number of carbonyl (C=O) groups excluding carboxylic acids is 1. The van der Waals surface area contributed by atoms with Crippen LogP contribution in [0.3, 0.4) is 0 Å². The lowest BCUT2D eigenvalue weighted by atomic mass is 10.0. The van der Waals surface area contributed by atoms with E-state index in [4.69, 9.17) is 4.74 Å². The van der Waals surface area contributed by atoms with E-state index in [1.54, 1.807) is 19.9 Å². The van der Waals surface area contributed by atoms with Gasteiger partial charge in [0.15, 0.2) is 11.6 Å². The highest BCUT2D eigenvalue weighted by Crippen LogP contribution is 2.38. The van der Waals surface area contributed by atoms with E-state index in [-0.39, 0.29) is 29.9 Å². The summed E-state index contributed by atoms with van der Waals surface area (Å²) in [6.45, 7) is 3.56. The van der Waals surface area contributed by atoms with Crippen LogP contribution in [-0.4, -0.2) is 55.4 Å². The molecule has 33 heavy (non-hydrogen) atoms. The minimum atomic E-state index is -4.37. The number of aromatic amines is 1. The Hall–Kier alpha value is -3.38. The Bertz CT molecular complexity index is 1130. The van der Waals surface area contributed by atoms with Gasteiger partial charge >= 0.3 is 12.3 Å². The predicted octanol–water partition coefficient (Wildman–Crippen LogP) is 4.02. The van der Waals surface area contributed by atoms with Crippen molar-refractivity contribution in [3.05, 3.63) is 35.9 Å². The lowest BCUT2D eigenvalue weighted by molar-refractivity contribution is -0.127. The molecule has 3 N–H and O–H groups in total. The van der Waals surface area contributed by atoms with Gasteiger partial charge in [-0.2, -0.15) is 23.4 Å². The number of fused-ring (bicyclic) bond motifs is 1. The molecule has 1 fully saturated rings. The number of carbonyl (C=O) groups is 1. The second kappa shape index (κ2) is 8.87. The van der Waals surface area contributed by atoms with Crippen LogP contribution in [-0.2, 0) is 11.2 Å². The van der Waals surface area contributed by atoms with Gasteiger partial charge in [-0.25, -0.2) is 18.7 Å². The summed E-state index contributed by atoms with van der Waals surface area (Å²) in [4.78, 5) is 16.0. The van der Waals surface area contributed by atoms with Crippen LogP contribution in [0, 0.1) is 0 Å². The van der Waals surface area contributed by atoms with Gasteiger partial charge in [0.05, 0.1) is 12.1 Å². The molecular weight excluding hydrogens is 446 g/mol. The van der Waals surface area contributed by atoms with E-state index in [9.17, 15) is 22.4 Å². The van der Waals surface area contributed by atoms with E-state index >= 15 is 0 Å². The Morgan fingerprint density at radius 3 is 2.85 bits per heavy atom. The molecule has 0 saturated heterocycles. The van der Waals surface area contributed by atoms with E-state index < -0.39 is 31.0 Å². The number of hydrogen-bond donors (Lipinski definition) is 3. The molecule has 0 radical (unpaired) electrons. The zero-order valence-electron chi connectivity index (χ0n) is 17.9. The van der Waals surface area contributed by atoms with E-state index in [2.05, 4.69) is 30.9 Å². The molecule has 1 aliphatic rings. The molecule has 0 unspecified atom stereocenters. The maximum Gasteiger partial charge on any atom is 0.407 e. The lowest BCUT2D eigenvalue weighted by Crippen LogP contribution is -2.35. The lowest BCUT2D eigenvalue weighted by Gasteiger charge is -2.16. The number of hydrogen-bond acceptors (Lipinski definition) is 6. The van der Waals surface area contributed by atoms with Crippen LogP contribution >= 0.6 is 0 Å². The van der Waals surface area contributed by atoms with E-state index in [0.29, 0.717) is 23.4 Å². The highest BCUT2D eigenvalue weighted by Gasteiger charge is 2.39. The number of nitrogens with one attached hydrogen (secondary N) is 3. The summed E-state index contributed by atoms with van der Waals surface area (Å²) in [5, 5.41) is 16.5. The largest absolute Gasteiger partial charge is 0.443 e. The number of ether oxygens (including phenoxy) is 1. The number of anilines is 2. The van der Waals surface area contributed by atoms with Crippen molar-refractivity contribution in [3.63, 3.8) is 0 Å². The normalized spacial score (nSPS) is 21.0. The third kappa shape index (κ3) is 5.52. The van der Waals surface area contributed by atoms with Crippen LogP contribution in [0.1, 0.15) is 44.0 Å². The van der Waals surface area contributed by atoms with Gasteiger partial charge in [-0.15, -0.1) is 0 Å². The Labute approximate surface area is 185 Å². The van der Waals surface area contributed by atoms with E-state index in [1.807, 2.05) is 0 Å². The Kier molecular flexibility index (Phi) is 6.13. The fourth-order valence-corrected chi connectivity index (χ4v) is 3.82. The highest BCUT2D eigenvalue weighted by molar-refractivity contribution is 5.72. The van der Waals surface area contributed by atoms with Crippen LogP contribution in [0.4, 0.5) is 34.0 Å². The van der Waals surface area contributed by atoms with Gasteiger partial charge in [-0.1, -0.05) is 0 Å². The number of halogens is 4. The quantitative estimate of drug-likeness (QED) is 0.471. The molecule has 9 nitrogen and oxygen atoms in total. The molecule has 3 atom stereocenters. The van der Waals surface area contributed by atoms with Crippen molar-refractivity contribution in [2.45, 2.75) is 63.5 Å². The van der Waals surface area contributed by atoms with Crippen molar-refractivity contribution in [2.24, 2.45) is 0 Å². The van der Waals surface area contributed by atoms with Crippen LogP contribution in [0.2, 0.25) is 0 Å². The molecule has 0 aromatic carbocycles. The summed E-state index contributed by atoms with van der Waals surface area (Å²) in [5.41, 5.74) is 0.873. The molecule has 13 heteroatoms. The number of amides is 1. The van der Waals surface area contributed by atoms with Gasteiger partial charge in [0.25, 0.3) is 0 Å². The monoisotopic (exact) mass is 469 g/mol. The number of nitrogens with zero attached hydrogens (tertiary/aromatic N) is 4. The van der Waals surface area contributed by atoms with Gasteiger partial charge in [0, 0.05) is 36.1 Å². The van der Waals surface area contributed by atoms with Crippen molar-refractivity contribution in [3.8, 4) is 0 Å². The van der Waals surface area contributed by atoms with Gasteiger partial charge in [-0.3, -0.25) is 5.10 Å². The Balaban J connectivity index is 1.44. The summed E-state index contributed by atoms with van der Waals surface area (Å²) >= 11 is 0.